The Kier molecular flexibility index (Phi) is 6.81. The first-order chi connectivity index (χ1) is 20.9. The summed E-state index contributed by atoms with van der Waals surface area (Å²) in [6.45, 7) is 3.22. The number of nitrogens with zero attached hydrogens (tertiary/aromatic N) is 7. The fourth-order valence-corrected chi connectivity index (χ4v) is 5.41. The zero-order valence-corrected chi connectivity index (χ0v) is 23.0. The number of hydrogen-bond donors (Lipinski definition) is 1. The van der Waals surface area contributed by atoms with Crippen LogP contribution in [-0.4, -0.2) is 53.0 Å². The summed E-state index contributed by atoms with van der Waals surface area (Å²) in [4.78, 5) is 23.2. The summed E-state index contributed by atoms with van der Waals surface area (Å²) >= 11 is 0. The van der Waals surface area contributed by atoms with Crippen LogP contribution in [0.4, 0.5) is 4.39 Å². The molecular weight excluding hydrogens is 553 g/mol. The molecule has 43 heavy (non-hydrogen) atoms. The second kappa shape index (κ2) is 10.9. The topological polar surface area (TPSA) is 131 Å². The molecule has 0 unspecified atom stereocenters. The van der Waals surface area contributed by atoms with Crippen LogP contribution >= 0.6 is 0 Å². The third-order valence-electron chi connectivity index (χ3n) is 7.76. The second-order valence-corrected chi connectivity index (χ2v) is 10.7. The Morgan fingerprint density at radius 3 is 2.79 bits per heavy atom. The quantitative estimate of drug-likeness (QED) is 0.273. The highest BCUT2D eigenvalue weighted by atomic mass is 19.1. The number of nitriles is 1. The molecule has 7 rings (SSSR count). The van der Waals surface area contributed by atoms with Crippen molar-refractivity contribution >= 4 is 17.0 Å². The van der Waals surface area contributed by atoms with Gasteiger partial charge >= 0.3 is 5.97 Å². The molecule has 1 atom stereocenters. The van der Waals surface area contributed by atoms with E-state index in [2.05, 4.69) is 14.5 Å². The lowest BCUT2D eigenvalue weighted by molar-refractivity contribution is -0.0592. The summed E-state index contributed by atoms with van der Waals surface area (Å²) in [6, 6.07) is 16.5. The van der Waals surface area contributed by atoms with Gasteiger partial charge in [-0.3, -0.25) is 4.90 Å². The second-order valence-electron chi connectivity index (χ2n) is 10.7. The fraction of sp³-hybridized carbons (Fsp3) is 0.258. The summed E-state index contributed by atoms with van der Waals surface area (Å²) in [5.41, 5.74) is 4.38. The van der Waals surface area contributed by atoms with E-state index in [0.717, 1.165) is 41.1 Å². The van der Waals surface area contributed by atoms with Crippen LogP contribution in [0.5, 0.6) is 5.88 Å². The highest BCUT2D eigenvalue weighted by molar-refractivity contribution is 5.92. The summed E-state index contributed by atoms with van der Waals surface area (Å²) in [7, 11) is 0. The number of hydrogen-bond acceptors (Lipinski definition) is 8. The number of halogens is 1. The third kappa shape index (κ3) is 5.31. The Hall–Kier alpha value is -5.12. The van der Waals surface area contributed by atoms with Crippen LogP contribution in [0.25, 0.3) is 16.9 Å². The number of ether oxygens (including phenoxy) is 2. The minimum atomic E-state index is -0.968. The molecule has 11 nitrogen and oxygen atoms in total. The molecule has 1 saturated heterocycles. The molecule has 0 saturated carbocycles. The largest absolute Gasteiger partial charge is 0.478 e. The fourth-order valence-electron chi connectivity index (χ4n) is 5.41. The molecular formula is C31H26FN7O4. The molecule has 0 radical (unpaired) electrons. The van der Waals surface area contributed by atoms with Gasteiger partial charge in [-0.05, 0) is 42.8 Å². The van der Waals surface area contributed by atoms with Crippen molar-refractivity contribution in [2.75, 3.05) is 6.61 Å². The van der Waals surface area contributed by atoms with E-state index in [-0.39, 0.29) is 23.8 Å². The van der Waals surface area contributed by atoms with E-state index in [9.17, 15) is 14.3 Å². The zero-order chi connectivity index (χ0) is 29.5. The molecule has 1 fully saturated rings. The van der Waals surface area contributed by atoms with E-state index in [1.54, 1.807) is 41.1 Å². The highest BCUT2D eigenvalue weighted by Gasteiger charge is 2.27. The number of rotatable bonds is 9. The van der Waals surface area contributed by atoms with Crippen LogP contribution in [0.3, 0.4) is 0 Å². The van der Waals surface area contributed by atoms with E-state index in [4.69, 9.17) is 24.8 Å². The minimum Gasteiger partial charge on any atom is -0.478 e. The minimum absolute atomic E-state index is 0.0200. The number of aromatic nitrogens is 5. The number of aromatic carboxylic acids is 1. The van der Waals surface area contributed by atoms with Gasteiger partial charge < -0.3 is 19.1 Å². The Bertz CT molecular complexity index is 1880. The number of pyridine rings is 1. The van der Waals surface area contributed by atoms with Crippen LogP contribution in [0.2, 0.25) is 0 Å². The van der Waals surface area contributed by atoms with Gasteiger partial charge in [0.15, 0.2) is 5.82 Å². The first kappa shape index (κ1) is 26.8. The van der Waals surface area contributed by atoms with Crippen molar-refractivity contribution in [2.45, 2.75) is 45.3 Å². The van der Waals surface area contributed by atoms with Crippen molar-refractivity contribution in [3.8, 4) is 17.8 Å². The predicted molar refractivity (Wildman–Crippen MR) is 151 cm³/mol. The number of imidazole rings is 1. The molecule has 0 bridgehead atoms. The first-order valence-corrected chi connectivity index (χ1v) is 13.9. The maximum absolute atomic E-state index is 14.2. The lowest BCUT2D eigenvalue weighted by atomic mass is 10.1. The third-order valence-corrected chi connectivity index (χ3v) is 7.76. The van der Waals surface area contributed by atoms with Gasteiger partial charge in [-0.1, -0.05) is 12.1 Å². The van der Waals surface area contributed by atoms with Gasteiger partial charge in [-0.25, -0.2) is 18.9 Å². The maximum Gasteiger partial charge on any atom is 0.335 e. The van der Waals surface area contributed by atoms with E-state index >= 15 is 0 Å². The molecule has 3 aromatic heterocycles. The van der Waals surface area contributed by atoms with Gasteiger partial charge in [0.1, 0.15) is 18.2 Å². The van der Waals surface area contributed by atoms with E-state index in [1.807, 2.05) is 18.3 Å². The molecule has 0 amide bonds. The van der Waals surface area contributed by atoms with E-state index < -0.39 is 11.8 Å². The lowest BCUT2D eigenvalue weighted by Crippen LogP contribution is -2.32. The number of benzene rings is 2. The van der Waals surface area contributed by atoms with Gasteiger partial charge in [0, 0.05) is 43.1 Å². The zero-order valence-electron chi connectivity index (χ0n) is 23.0. The highest BCUT2D eigenvalue weighted by Crippen LogP contribution is 2.28. The SMILES string of the molecule is N#Cc1ccc(COc2cccc(-n3cc4c(n3)CN(Cc3nc5ccc(C(=O)O)cc5n3C[C@@H]3CCO3)C4)n2)c(F)c1. The normalized spacial score (nSPS) is 16.1. The molecule has 5 heterocycles. The molecule has 216 valence electrons. The van der Waals surface area contributed by atoms with Gasteiger partial charge in [0.05, 0.1) is 53.1 Å². The van der Waals surface area contributed by atoms with Crippen LogP contribution in [0.15, 0.2) is 60.8 Å². The monoisotopic (exact) mass is 579 g/mol. The van der Waals surface area contributed by atoms with Crippen molar-refractivity contribution in [3.05, 3.63) is 100 Å². The summed E-state index contributed by atoms with van der Waals surface area (Å²) in [6.07, 6.45) is 3.01. The standard InChI is InChI=1S/C31H26FN7O4/c32-24-10-19(12-33)4-5-21(24)18-43-30-3-1-2-28(35-30)39-14-22-13-37(16-26(22)36-39)17-29-34-25-7-6-20(31(40)41)11-27(25)38(29)15-23-8-9-42-23/h1-7,10-11,14,23H,8-9,13,15-18H2,(H,40,41)/t23-/m0/s1. The predicted octanol–water partition coefficient (Wildman–Crippen LogP) is 4.21. The van der Waals surface area contributed by atoms with Crippen molar-refractivity contribution in [2.24, 2.45) is 0 Å². The smallest absolute Gasteiger partial charge is 0.335 e. The van der Waals surface area contributed by atoms with Crippen LogP contribution < -0.4 is 4.74 Å². The molecule has 1 N–H and O–H groups in total. The van der Waals surface area contributed by atoms with Gasteiger partial charge in [-0.2, -0.15) is 15.3 Å². The van der Waals surface area contributed by atoms with Crippen LogP contribution in [0.1, 0.15) is 45.0 Å². The summed E-state index contributed by atoms with van der Waals surface area (Å²) in [5, 5.41) is 23.2. The molecule has 5 aromatic rings. The molecule has 0 spiro atoms. The Morgan fingerprint density at radius 2 is 2.05 bits per heavy atom. The molecule has 0 aliphatic carbocycles. The molecule has 2 aliphatic rings. The first-order valence-electron chi connectivity index (χ1n) is 13.9. The van der Waals surface area contributed by atoms with Crippen molar-refractivity contribution < 1.29 is 23.8 Å². The van der Waals surface area contributed by atoms with Crippen LogP contribution in [-0.2, 0) is 37.5 Å². The summed E-state index contributed by atoms with van der Waals surface area (Å²) < 4.78 is 29.4. The van der Waals surface area contributed by atoms with Crippen LogP contribution in [0, 0.1) is 17.1 Å². The Balaban J connectivity index is 1.05. The summed E-state index contributed by atoms with van der Waals surface area (Å²) in [5.74, 6) is 0.301. The molecule has 2 aromatic carbocycles. The van der Waals surface area contributed by atoms with Crippen molar-refractivity contribution in [1.82, 2.24) is 29.2 Å². The molecule has 12 heteroatoms. The number of fused-ring (bicyclic) bond motifs is 2. The molecule has 2 aliphatic heterocycles. The lowest BCUT2D eigenvalue weighted by Gasteiger charge is -2.28. The van der Waals surface area contributed by atoms with Gasteiger partial charge in [0.2, 0.25) is 5.88 Å². The van der Waals surface area contributed by atoms with E-state index in [1.165, 1.54) is 12.1 Å². The van der Waals surface area contributed by atoms with Crippen molar-refractivity contribution in [3.63, 3.8) is 0 Å². The average molecular weight is 580 g/mol. The Labute approximate surface area is 245 Å². The number of carbonyl (C=O) groups is 1. The number of carboxylic acids is 1. The number of carboxylic acid groups (broad SMARTS) is 1. The van der Waals surface area contributed by atoms with Crippen molar-refractivity contribution in [1.29, 1.82) is 5.26 Å². The average Bonchev–Trinajstić information content (AvgIpc) is 3.65. The van der Waals surface area contributed by atoms with Gasteiger partial charge in [0.25, 0.3) is 0 Å². The van der Waals surface area contributed by atoms with Gasteiger partial charge in [-0.15, -0.1) is 0 Å². The Morgan fingerprint density at radius 1 is 1.16 bits per heavy atom. The van der Waals surface area contributed by atoms with E-state index in [0.29, 0.717) is 43.4 Å². The maximum atomic E-state index is 14.2.